The molecule has 6 nitrogen and oxygen atoms in total. The maximum absolute atomic E-state index is 11.5. The van der Waals surface area contributed by atoms with Crippen molar-refractivity contribution < 1.29 is 14.4 Å². The molecule has 1 aliphatic carbocycles. The van der Waals surface area contributed by atoms with E-state index in [0.29, 0.717) is 12.5 Å². The van der Waals surface area contributed by atoms with Gasteiger partial charge in [0, 0.05) is 0 Å². The Balaban J connectivity index is 2.35. The van der Waals surface area contributed by atoms with Crippen LogP contribution in [0.25, 0.3) is 0 Å². The topological polar surface area (TPSA) is 95.5 Å². The van der Waals surface area contributed by atoms with E-state index in [1.807, 2.05) is 0 Å². The van der Waals surface area contributed by atoms with E-state index in [1.54, 1.807) is 12.1 Å². The van der Waals surface area contributed by atoms with E-state index < -0.39 is 11.7 Å². The Morgan fingerprint density at radius 2 is 2.00 bits per heavy atom. The highest BCUT2D eigenvalue weighted by atomic mass is 16.6. The summed E-state index contributed by atoms with van der Waals surface area (Å²) >= 11 is 0. The number of oxime groups is 1. The van der Waals surface area contributed by atoms with Crippen molar-refractivity contribution in [3.8, 4) is 12.1 Å². The minimum atomic E-state index is -0.791. The molecule has 0 amide bonds. The molecule has 0 unspecified atom stereocenters. The molecule has 0 radical (unpaired) electrons. The molecule has 0 N–H and O–H groups in total. The molecule has 0 heterocycles. The molecular formula is C12H15N3O3. The molecule has 0 aliphatic heterocycles. The number of hydrogen-bond donors (Lipinski definition) is 0. The van der Waals surface area contributed by atoms with Crippen LogP contribution in [0.5, 0.6) is 0 Å². The summed E-state index contributed by atoms with van der Waals surface area (Å²) in [5, 5.41) is 20.2. The summed E-state index contributed by atoms with van der Waals surface area (Å²) in [7, 11) is 0. The number of esters is 1. The zero-order valence-electron chi connectivity index (χ0n) is 10.1. The molecule has 96 valence electrons. The predicted octanol–water partition coefficient (Wildman–Crippen LogP) is 1.53. The van der Waals surface area contributed by atoms with Crippen molar-refractivity contribution in [2.75, 3.05) is 13.2 Å². The van der Waals surface area contributed by atoms with Gasteiger partial charge >= 0.3 is 5.97 Å². The SMILES string of the molecule is N#CCO/N=C(\C#N)C(=O)OCC1CCCCC1. The van der Waals surface area contributed by atoms with Crippen molar-refractivity contribution in [3.63, 3.8) is 0 Å². The molecule has 0 saturated heterocycles. The van der Waals surface area contributed by atoms with Crippen molar-refractivity contribution in [2.24, 2.45) is 11.1 Å². The predicted molar refractivity (Wildman–Crippen MR) is 62.1 cm³/mol. The Labute approximate surface area is 106 Å². The summed E-state index contributed by atoms with van der Waals surface area (Å²) in [5.74, 6) is -0.413. The van der Waals surface area contributed by atoms with Crippen LogP contribution in [-0.2, 0) is 14.4 Å². The quantitative estimate of drug-likeness (QED) is 0.318. The van der Waals surface area contributed by atoms with E-state index >= 15 is 0 Å². The first-order chi connectivity index (χ1) is 8.77. The first-order valence-electron chi connectivity index (χ1n) is 5.92. The number of rotatable bonds is 5. The number of carbonyl (C=O) groups is 1. The van der Waals surface area contributed by atoms with Crippen molar-refractivity contribution in [1.29, 1.82) is 10.5 Å². The van der Waals surface area contributed by atoms with E-state index in [0.717, 1.165) is 25.7 Å². The number of hydrogen-bond acceptors (Lipinski definition) is 6. The van der Waals surface area contributed by atoms with Crippen LogP contribution in [0.15, 0.2) is 5.16 Å². The number of ether oxygens (including phenoxy) is 1. The first-order valence-corrected chi connectivity index (χ1v) is 5.92. The Hall–Kier alpha value is -2.08. The second-order valence-electron chi connectivity index (χ2n) is 4.09. The highest BCUT2D eigenvalue weighted by Crippen LogP contribution is 2.23. The monoisotopic (exact) mass is 249 g/mol. The third kappa shape index (κ3) is 4.84. The van der Waals surface area contributed by atoms with Gasteiger partial charge < -0.3 is 9.57 Å². The number of nitriles is 2. The molecule has 0 aromatic carbocycles. The van der Waals surface area contributed by atoms with Crippen LogP contribution in [0.1, 0.15) is 32.1 Å². The molecule has 1 fully saturated rings. The van der Waals surface area contributed by atoms with Crippen molar-refractivity contribution in [2.45, 2.75) is 32.1 Å². The fraction of sp³-hybridized carbons (Fsp3) is 0.667. The van der Waals surface area contributed by atoms with E-state index in [4.69, 9.17) is 15.3 Å². The summed E-state index contributed by atoms with van der Waals surface area (Å²) < 4.78 is 5.01. The van der Waals surface area contributed by atoms with Gasteiger partial charge in [0.1, 0.15) is 12.1 Å². The van der Waals surface area contributed by atoms with Gasteiger partial charge in [-0.1, -0.05) is 24.4 Å². The van der Waals surface area contributed by atoms with E-state index in [1.165, 1.54) is 6.42 Å². The summed E-state index contributed by atoms with van der Waals surface area (Å²) in [4.78, 5) is 15.9. The van der Waals surface area contributed by atoms with Gasteiger partial charge in [0.25, 0.3) is 5.71 Å². The van der Waals surface area contributed by atoms with Crippen LogP contribution in [0.4, 0.5) is 0 Å². The van der Waals surface area contributed by atoms with Gasteiger partial charge in [0.05, 0.1) is 6.61 Å². The van der Waals surface area contributed by atoms with Gasteiger partial charge in [0.15, 0.2) is 0 Å². The highest BCUT2D eigenvalue weighted by molar-refractivity contribution is 6.42. The lowest BCUT2D eigenvalue weighted by molar-refractivity contribution is -0.137. The molecule has 1 aliphatic rings. The molecular weight excluding hydrogens is 234 g/mol. The van der Waals surface area contributed by atoms with E-state index in [-0.39, 0.29) is 6.61 Å². The zero-order chi connectivity index (χ0) is 13.2. The summed E-state index contributed by atoms with van der Waals surface area (Å²) in [6.07, 6.45) is 5.66. The van der Waals surface area contributed by atoms with Crippen LogP contribution in [-0.4, -0.2) is 24.9 Å². The maximum Gasteiger partial charge on any atom is 0.371 e. The third-order valence-electron chi connectivity index (χ3n) is 2.76. The second kappa shape index (κ2) is 8.08. The molecule has 6 heteroatoms. The second-order valence-corrected chi connectivity index (χ2v) is 4.09. The van der Waals surface area contributed by atoms with Gasteiger partial charge in [-0.3, -0.25) is 0 Å². The molecule has 0 atom stereocenters. The fourth-order valence-electron chi connectivity index (χ4n) is 1.84. The van der Waals surface area contributed by atoms with Crippen molar-refractivity contribution in [1.82, 2.24) is 0 Å². The van der Waals surface area contributed by atoms with Crippen LogP contribution < -0.4 is 0 Å². The Morgan fingerprint density at radius 3 is 2.61 bits per heavy atom. The Bertz CT molecular complexity index is 386. The smallest absolute Gasteiger partial charge is 0.371 e. The number of carbonyl (C=O) groups excluding carboxylic acids is 1. The highest BCUT2D eigenvalue weighted by Gasteiger charge is 2.18. The lowest BCUT2D eigenvalue weighted by atomic mass is 9.90. The molecule has 0 spiro atoms. The lowest BCUT2D eigenvalue weighted by Gasteiger charge is -2.20. The van der Waals surface area contributed by atoms with Gasteiger partial charge in [-0.05, 0) is 18.8 Å². The normalized spacial score (nSPS) is 16.4. The van der Waals surface area contributed by atoms with Crippen LogP contribution in [0.2, 0.25) is 0 Å². The number of nitrogens with zero attached hydrogens (tertiary/aromatic N) is 3. The summed E-state index contributed by atoms with van der Waals surface area (Å²) in [6.45, 7) is 0.0128. The van der Waals surface area contributed by atoms with Gasteiger partial charge in [-0.2, -0.15) is 10.5 Å². The Morgan fingerprint density at radius 1 is 1.28 bits per heavy atom. The van der Waals surface area contributed by atoms with Crippen molar-refractivity contribution in [3.05, 3.63) is 0 Å². The summed E-state index contributed by atoms with van der Waals surface area (Å²) in [5.41, 5.74) is -0.457. The minimum Gasteiger partial charge on any atom is -0.460 e. The molecule has 0 bridgehead atoms. The largest absolute Gasteiger partial charge is 0.460 e. The van der Waals surface area contributed by atoms with Gasteiger partial charge in [0.2, 0.25) is 6.61 Å². The minimum absolute atomic E-state index is 0.304. The van der Waals surface area contributed by atoms with Gasteiger partial charge in [-0.25, -0.2) is 4.79 Å². The fourth-order valence-corrected chi connectivity index (χ4v) is 1.84. The lowest BCUT2D eigenvalue weighted by Crippen LogP contribution is -2.21. The Kier molecular flexibility index (Phi) is 6.27. The molecule has 0 aromatic rings. The summed E-state index contributed by atoms with van der Waals surface area (Å²) in [6, 6.07) is 3.27. The molecule has 18 heavy (non-hydrogen) atoms. The standard InChI is InChI=1S/C12H15N3O3/c13-6-7-18-15-11(8-14)12(16)17-9-10-4-2-1-3-5-10/h10H,1-5,7,9H2/b15-11+. The van der Waals surface area contributed by atoms with E-state index in [9.17, 15) is 4.79 Å². The average Bonchev–Trinajstić information content (AvgIpc) is 2.42. The van der Waals surface area contributed by atoms with E-state index in [2.05, 4.69) is 9.99 Å². The maximum atomic E-state index is 11.5. The zero-order valence-corrected chi connectivity index (χ0v) is 10.1. The molecule has 0 aromatic heterocycles. The average molecular weight is 249 g/mol. The van der Waals surface area contributed by atoms with Crippen LogP contribution in [0.3, 0.4) is 0 Å². The van der Waals surface area contributed by atoms with Crippen LogP contribution in [0, 0.1) is 28.6 Å². The molecule has 1 rings (SSSR count). The molecule has 1 saturated carbocycles. The first kappa shape index (κ1) is 14.0. The van der Waals surface area contributed by atoms with Crippen LogP contribution >= 0.6 is 0 Å². The van der Waals surface area contributed by atoms with Crippen molar-refractivity contribution >= 4 is 11.7 Å². The van der Waals surface area contributed by atoms with Gasteiger partial charge in [-0.15, -0.1) is 0 Å². The third-order valence-corrected chi connectivity index (χ3v) is 2.76.